The fourth-order valence-electron chi connectivity index (χ4n) is 2.26. The largest absolute Gasteiger partial charge is 0.335 e. The topological polar surface area (TPSA) is 30.7 Å². The highest BCUT2D eigenvalue weighted by atomic mass is 32.2. The summed E-state index contributed by atoms with van der Waals surface area (Å²) in [4.78, 5) is 9.23. The van der Waals surface area contributed by atoms with Gasteiger partial charge in [0.25, 0.3) is 0 Å². The summed E-state index contributed by atoms with van der Waals surface area (Å²) < 4.78 is 15.2. The van der Waals surface area contributed by atoms with Gasteiger partial charge in [-0.05, 0) is 43.0 Å². The van der Waals surface area contributed by atoms with E-state index in [2.05, 4.69) is 9.97 Å². The van der Waals surface area contributed by atoms with Crippen molar-refractivity contribution in [2.75, 3.05) is 6.26 Å². The number of benzene rings is 1. The maximum atomic E-state index is 13.2. The van der Waals surface area contributed by atoms with Crippen LogP contribution in [0.1, 0.15) is 5.56 Å². The van der Waals surface area contributed by atoms with Crippen molar-refractivity contribution in [1.82, 2.24) is 14.5 Å². The second-order valence-electron chi connectivity index (χ2n) is 4.68. The Hall–Kier alpha value is -1.88. The summed E-state index contributed by atoms with van der Waals surface area (Å²) in [7, 11) is 1.96. The van der Waals surface area contributed by atoms with E-state index in [4.69, 9.17) is 0 Å². The number of halogens is 1. The lowest BCUT2D eigenvalue weighted by Crippen LogP contribution is -1.97. The molecule has 2 aromatic heterocycles. The van der Waals surface area contributed by atoms with Crippen LogP contribution < -0.4 is 0 Å². The number of hydrogen-bond acceptors (Lipinski definition) is 3. The standard InChI is InChI=1S/C15H14FN3S/c1-9-8-10(16)4-5-11(9)13-17-14-12(6-7-19(14)2)15(18-13)20-3/h4-8H,1-3H3. The predicted octanol–water partition coefficient (Wildman–Crippen LogP) is 3.80. The van der Waals surface area contributed by atoms with E-state index in [1.54, 1.807) is 17.8 Å². The normalized spacial score (nSPS) is 11.2. The number of nitrogens with zero attached hydrogens (tertiary/aromatic N) is 3. The molecule has 0 saturated heterocycles. The molecule has 0 spiro atoms. The van der Waals surface area contributed by atoms with Crippen molar-refractivity contribution in [2.45, 2.75) is 11.9 Å². The number of hydrogen-bond donors (Lipinski definition) is 0. The van der Waals surface area contributed by atoms with Crippen LogP contribution in [0, 0.1) is 12.7 Å². The molecule has 102 valence electrons. The monoisotopic (exact) mass is 287 g/mol. The first-order valence-corrected chi connectivity index (χ1v) is 7.46. The molecule has 2 heterocycles. The minimum Gasteiger partial charge on any atom is -0.335 e. The zero-order valence-corrected chi connectivity index (χ0v) is 12.3. The quantitative estimate of drug-likeness (QED) is 0.530. The van der Waals surface area contributed by atoms with E-state index in [0.29, 0.717) is 5.82 Å². The average molecular weight is 287 g/mol. The first-order valence-electron chi connectivity index (χ1n) is 6.23. The van der Waals surface area contributed by atoms with Gasteiger partial charge < -0.3 is 4.57 Å². The van der Waals surface area contributed by atoms with E-state index in [1.807, 2.05) is 37.1 Å². The zero-order valence-electron chi connectivity index (χ0n) is 11.5. The maximum Gasteiger partial charge on any atom is 0.163 e. The van der Waals surface area contributed by atoms with Gasteiger partial charge in [-0.15, -0.1) is 11.8 Å². The van der Waals surface area contributed by atoms with Crippen molar-refractivity contribution in [3.05, 3.63) is 41.8 Å². The van der Waals surface area contributed by atoms with Crippen LogP contribution in [0.15, 0.2) is 35.5 Å². The van der Waals surface area contributed by atoms with Crippen LogP contribution in [0.5, 0.6) is 0 Å². The van der Waals surface area contributed by atoms with Crippen molar-refractivity contribution < 1.29 is 4.39 Å². The van der Waals surface area contributed by atoms with Crippen LogP contribution in [0.25, 0.3) is 22.4 Å². The van der Waals surface area contributed by atoms with E-state index in [-0.39, 0.29) is 5.82 Å². The molecular formula is C15H14FN3S. The highest BCUT2D eigenvalue weighted by Crippen LogP contribution is 2.28. The molecule has 0 fully saturated rings. The number of rotatable bonds is 2. The van der Waals surface area contributed by atoms with E-state index in [9.17, 15) is 4.39 Å². The molecule has 0 unspecified atom stereocenters. The molecule has 20 heavy (non-hydrogen) atoms. The van der Waals surface area contributed by atoms with Gasteiger partial charge in [0.1, 0.15) is 16.5 Å². The van der Waals surface area contributed by atoms with Crippen LogP contribution in [0.4, 0.5) is 4.39 Å². The third-order valence-corrected chi connectivity index (χ3v) is 4.01. The Morgan fingerprint density at radius 1 is 1.20 bits per heavy atom. The Balaban J connectivity index is 2.28. The van der Waals surface area contributed by atoms with Gasteiger partial charge in [-0.2, -0.15) is 0 Å². The van der Waals surface area contributed by atoms with Gasteiger partial charge in [-0.3, -0.25) is 0 Å². The van der Waals surface area contributed by atoms with E-state index >= 15 is 0 Å². The average Bonchev–Trinajstić information content (AvgIpc) is 2.80. The molecule has 0 atom stereocenters. The van der Waals surface area contributed by atoms with Crippen LogP contribution in [0.3, 0.4) is 0 Å². The first kappa shape index (κ1) is 13.1. The fraction of sp³-hybridized carbons (Fsp3) is 0.200. The van der Waals surface area contributed by atoms with E-state index in [1.165, 1.54) is 12.1 Å². The van der Waals surface area contributed by atoms with Crippen molar-refractivity contribution in [1.29, 1.82) is 0 Å². The molecule has 0 saturated carbocycles. The van der Waals surface area contributed by atoms with Crippen molar-refractivity contribution in [3.8, 4) is 11.4 Å². The fourth-order valence-corrected chi connectivity index (χ4v) is 2.82. The molecule has 0 amide bonds. The lowest BCUT2D eigenvalue weighted by molar-refractivity contribution is 0.627. The Morgan fingerprint density at radius 2 is 2.00 bits per heavy atom. The van der Waals surface area contributed by atoms with Gasteiger partial charge in [0.15, 0.2) is 5.82 Å². The second-order valence-corrected chi connectivity index (χ2v) is 5.47. The minimum atomic E-state index is -0.240. The Bertz CT molecular complexity index is 795. The predicted molar refractivity (Wildman–Crippen MR) is 80.4 cm³/mol. The Kier molecular flexibility index (Phi) is 3.22. The summed E-state index contributed by atoms with van der Waals surface area (Å²) in [5, 5.41) is 1.98. The van der Waals surface area contributed by atoms with Gasteiger partial charge in [0.2, 0.25) is 0 Å². The number of fused-ring (bicyclic) bond motifs is 1. The molecule has 0 aliphatic heterocycles. The summed E-state index contributed by atoms with van der Waals surface area (Å²) in [5.41, 5.74) is 2.60. The lowest BCUT2D eigenvalue weighted by Gasteiger charge is -2.08. The first-order chi connectivity index (χ1) is 9.60. The summed E-state index contributed by atoms with van der Waals surface area (Å²) in [6.07, 6.45) is 3.97. The lowest BCUT2D eigenvalue weighted by atomic mass is 10.1. The molecule has 0 bridgehead atoms. The van der Waals surface area contributed by atoms with E-state index in [0.717, 1.165) is 27.2 Å². The van der Waals surface area contributed by atoms with Gasteiger partial charge in [0.05, 0.1) is 5.39 Å². The molecule has 0 aliphatic rings. The van der Waals surface area contributed by atoms with Crippen molar-refractivity contribution in [3.63, 3.8) is 0 Å². The number of aryl methyl sites for hydroxylation is 2. The van der Waals surface area contributed by atoms with Gasteiger partial charge in [0, 0.05) is 18.8 Å². The highest BCUT2D eigenvalue weighted by molar-refractivity contribution is 7.98. The van der Waals surface area contributed by atoms with Crippen LogP contribution in [-0.2, 0) is 7.05 Å². The summed E-state index contributed by atoms with van der Waals surface area (Å²) in [5.74, 6) is 0.400. The summed E-state index contributed by atoms with van der Waals surface area (Å²) in [6, 6.07) is 6.70. The SMILES string of the molecule is CSc1nc(-c2ccc(F)cc2C)nc2c1ccn2C. The minimum absolute atomic E-state index is 0.240. The molecule has 0 aliphatic carbocycles. The van der Waals surface area contributed by atoms with Gasteiger partial charge >= 0.3 is 0 Å². The number of thioether (sulfide) groups is 1. The van der Waals surface area contributed by atoms with Gasteiger partial charge in [-0.25, -0.2) is 14.4 Å². The highest BCUT2D eigenvalue weighted by Gasteiger charge is 2.13. The summed E-state index contributed by atoms with van der Waals surface area (Å²) >= 11 is 1.59. The molecule has 1 aromatic carbocycles. The van der Waals surface area contributed by atoms with Crippen LogP contribution >= 0.6 is 11.8 Å². The molecule has 5 heteroatoms. The third kappa shape index (κ3) is 2.08. The third-order valence-electron chi connectivity index (χ3n) is 3.31. The Morgan fingerprint density at radius 3 is 2.70 bits per heavy atom. The van der Waals surface area contributed by atoms with Crippen LogP contribution in [0.2, 0.25) is 0 Å². The van der Waals surface area contributed by atoms with Crippen LogP contribution in [-0.4, -0.2) is 20.8 Å². The van der Waals surface area contributed by atoms with Gasteiger partial charge in [-0.1, -0.05) is 0 Å². The second kappa shape index (κ2) is 4.90. The maximum absolute atomic E-state index is 13.2. The molecular weight excluding hydrogens is 273 g/mol. The van der Waals surface area contributed by atoms with E-state index < -0.39 is 0 Å². The molecule has 0 N–H and O–H groups in total. The molecule has 0 radical (unpaired) electrons. The van der Waals surface area contributed by atoms with Crippen molar-refractivity contribution in [2.24, 2.45) is 7.05 Å². The smallest absolute Gasteiger partial charge is 0.163 e. The molecule has 3 aromatic rings. The molecule has 3 nitrogen and oxygen atoms in total. The number of aromatic nitrogens is 3. The Labute approximate surface area is 120 Å². The summed E-state index contributed by atoms with van der Waals surface area (Å²) in [6.45, 7) is 1.87. The zero-order chi connectivity index (χ0) is 14.3. The van der Waals surface area contributed by atoms with Crippen molar-refractivity contribution >= 4 is 22.8 Å². The molecule has 3 rings (SSSR count).